The monoisotopic (exact) mass is 413 g/mol. The first kappa shape index (κ1) is 18.0. The number of halogens is 1. The molecule has 0 aliphatic rings. The Morgan fingerprint density at radius 2 is 2.26 bits per heavy atom. The molecular formula is C15H16BrN3O2S2. The van der Waals surface area contributed by atoms with E-state index >= 15 is 0 Å². The van der Waals surface area contributed by atoms with Crippen molar-refractivity contribution in [2.45, 2.75) is 18.2 Å². The van der Waals surface area contributed by atoms with Crippen molar-refractivity contribution in [2.24, 2.45) is 0 Å². The van der Waals surface area contributed by atoms with Gasteiger partial charge in [-0.25, -0.2) is 0 Å². The highest BCUT2D eigenvalue weighted by molar-refractivity contribution is 9.10. The number of rotatable bonds is 7. The van der Waals surface area contributed by atoms with Crippen LogP contribution in [0, 0.1) is 0 Å². The number of nitrogens with one attached hydrogen (secondary N) is 1. The van der Waals surface area contributed by atoms with Gasteiger partial charge in [0.05, 0.1) is 6.61 Å². The van der Waals surface area contributed by atoms with Gasteiger partial charge >= 0.3 is 0 Å². The predicted molar refractivity (Wildman–Crippen MR) is 99.3 cm³/mol. The maximum atomic E-state index is 12.0. The van der Waals surface area contributed by atoms with E-state index in [0.29, 0.717) is 11.7 Å². The highest BCUT2D eigenvalue weighted by atomic mass is 79.9. The molecular weight excluding hydrogens is 398 g/mol. The van der Waals surface area contributed by atoms with Gasteiger partial charge in [0.25, 0.3) is 0 Å². The van der Waals surface area contributed by atoms with Crippen molar-refractivity contribution in [2.75, 3.05) is 17.7 Å². The van der Waals surface area contributed by atoms with Crippen LogP contribution in [0.4, 0.5) is 5.13 Å². The topological polar surface area (TPSA) is 64.1 Å². The summed E-state index contributed by atoms with van der Waals surface area (Å²) in [6.07, 6.45) is 3.17. The fourth-order valence-corrected chi connectivity index (χ4v) is 3.72. The van der Waals surface area contributed by atoms with Crippen LogP contribution in [0.25, 0.3) is 6.08 Å². The summed E-state index contributed by atoms with van der Waals surface area (Å²) < 4.78 is 7.31. The molecule has 2 aromatic rings. The second kappa shape index (κ2) is 9.05. The number of nitrogens with zero attached hydrogens (tertiary/aromatic N) is 2. The Hall–Kier alpha value is -1.38. The molecule has 1 heterocycles. The van der Waals surface area contributed by atoms with Gasteiger partial charge in [0.15, 0.2) is 4.34 Å². The summed E-state index contributed by atoms with van der Waals surface area (Å²) in [5, 5.41) is 11.1. The molecule has 1 aromatic carbocycles. The zero-order valence-electron chi connectivity index (χ0n) is 12.7. The summed E-state index contributed by atoms with van der Waals surface area (Å²) in [4.78, 5) is 12.0. The molecule has 122 valence electrons. The normalized spacial score (nSPS) is 10.9. The van der Waals surface area contributed by atoms with Gasteiger partial charge in [-0.15, -0.1) is 10.2 Å². The number of thioether (sulfide) groups is 1. The molecule has 0 aliphatic carbocycles. The average Bonchev–Trinajstić information content (AvgIpc) is 2.95. The number of ether oxygens (including phenoxy) is 1. The number of amides is 1. The smallest absolute Gasteiger partial charge is 0.250 e. The lowest BCUT2D eigenvalue weighted by atomic mass is 10.2. The minimum absolute atomic E-state index is 0.253. The van der Waals surface area contributed by atoms with E-state index in [1.54, 1.807) is 17.8 Å². The molecule has 0 atom stereocenters. The molecule has 5 nitrogen and oxygen atoms in total. The van der Waals surface area contributed by atoms with Crippen LogP contribution in [0.5, 0.6) is 5.75 Å². The predicted octanol–water partition coefficient (Wildman–Crippen LogP) is 4.46. The maximum absolute atomic E-state index is 12.0. The van der Waals surface area contributed by atoms with Gasteiger partial charge < -0.3 is 4.74 Å². The lowest BCUT2D eigenvalue weighted by molar-refractivity contribution is -0.111. The molecule has 0 radical (unpaired) electrons. The first-order chi connectivity index (χ1) is 11.1. The van der Waals surface area contributed by atoms with Crippen molar-refractivity contribution in [1.29, 1.82) is 0 Å². The van der Waals surface area contributed by atoms with Gasteiger partial charge in [-0.1, -0.05) is 46.0 Å². The van der Waals surface area contributed by atoms with Crippen LogP contribution < -0.4 is 10.1 Å². The van der Waals surface area contributed by atoms with Gasteiger partial charge in [0.2, 0.25) is 11.0 Å². The van der Waals surface area contributed by atoms with Gasteiger partial charge in [0.1, 0.15) is 5.75 Å². The van der Waals surface area contributed by atoms with E-state index in [0.717, 1.165) is 25.9 Å². The van der Waals surface area contributed by atoms with E-state index in [4.69, 9.17) is 4.74 Å². The van der Waals surface area contributed by atoms with E-state index in [1.165, 1.54) is 17.4 Å². The lowest BCUT2D eigenvalue weighted by Gasteiger charge is -2.07. The standard InChI is InChI=1S/C15H16BrN3O2S2/c1-3-21-12-7-6-11(16)9-10(12)5-8-13(20)17-14-18-19-15(23-14)22-4-2/h5-9H,3-4H2,1-2H3,(H,17,18,20)/b8-5+. The average molecular weight is 414 g/mol. The molecule has 0 bridgehead atoms. The second-order valence-electron chi connectivity index (χ2n) is 4.24. The third-order valence-corrected chi connectivity index (χ3v) is 4.94. The van der Waals surface area contributed by atoms with Crippen molar-refractivity contribution in [3.05, 3.63) is 34.3 Å². The first-order valence-electron chi connectivity index (χ1n) is 7.00. The second-order valence-corrected chi connectivity index (χ2v) is 7.65. The molecule has 0 fully saturated rings. The molecule has 0 saturated heterocycles. The Morgan fingerprint density at radius 3 is 3.00 bits per heavy atom. The van der Waals surface area contributed by atoms with Gasteiger partial charge in [-0.2, -0.15) is 0 Å². The highest BCUT2D eigenvalue weighted by Crippen LogP contribution is 2.26. The number of carbonyl (C=O) groups is 1. The Balaban J connectivity index is 2.04. The quantitative estimate of drug-likeness (QED) is 0.412. The number of carbonyl (C=O) groups excluding carboxylic acids is 1. The number of aromatic nitrogens is 2. The summed E-state index contributed by atoms with van der Waals surface area (Å²) in [5.41, 5.74) is 0.830. The van der Waals surface area contributed by atoms with Crippen LogP contribution in [0.3, 0.4) is 0 Å². The molecule has 0 unspecified atom stereocenters. The van der Waals surface area contributed by atoms with Crippen molar-refractivity contribution < 1.29 is 9.53 Å². The molecule has 1 aromatic heterocycles. The van der Waals surface area contributed by atoms with Crippen LogP contribution in [0.15, 0.2) is 33.1 Å². The number of anilines is 1. The van der Waals surface area contributed by atoms with E-state index in [2.05, 4.69) is 31.4 Å². The van der Waals surface area contributed by atoms with Crippen LogP contribution in [0.1, 0.15) is 19.4 Å². The third kappa shape index (κ3) is 5.63. The van der Waals surface area contributed by atoms with Crippen molar-refractivity contribution >= 4 is 56.1 Å². The first-order valence-corrected chi connectivity index (χ1v) is 9.59. The summed E-state index contributed by atoms with van der Waals surface area (Å²) >= 11 is 6.38. The summed E-state index contributed by atoms with van der Waals surface area (Å²) in [7, 11) is 0. The van der Waals surface area contributed by atoms with Crippen molar-refractivity contribution in [3.8, 4) is 5.75 Å². The molecule has 0 saturated carbocycles. The molecule has 0 aliphatic heterocycles. The zero-order chi connectivity index (χ0) is 16.7. The zero-order valence-corrected chi connectivity index (χ0v) is 15.9. The van der Waals surface area contributed by atoms with Gasteiger partial charge in [-0.3, -0.25) is 10.1 Å². The molecule has 1 amide bonds. The maximum Gasteiger partial charge on any atom is 0.250 e. The molecule has 23 heavy (non-hydrogen) atoms. The van der Waals surface area contributed by atoms with Crippen LogP contribution in [-0.4, -0.2) is 28.5 Å². The minimum atomic E-state index is -0.253. The summed E-state index contributed by atoms with van der Waals surface area (Å²) in [6.45, 7) is 4.53. The van der Waals surface area contributed by atoms with E-state index < -0.39 is 0 Å². The Bertz CT molecular complexity index is 704. The van der Waals surface area contributed by atoms with Crippen LogP contribution in [-0.2, 0) is 4.79 Å². The Labute approximate surface area is 151 Å². The molecule has 2 rings (SSSR count). The van der Waals surface area contributed by atoms with E-state index in [-0.39, 0.29) is 5.91 Å². The molecule has 1 N–H and O–H groups in total. The third-order valence-electron chi connectivity index (χ3n) is 2.59. The van der Waals surface area contributed by atoms with Crippen molar-refractivity contribution in [3.63, 3.8) is 0 Å². The summed E-state index contributed by atoms with van der Waals surface area (Å²) in [6, 6.07) is 5.66. The Kier molecular flexibility index (Phi) is 7.07. The number of benzene rings is 1. The number of hydrogen-bond acceptors (Lipinski definition) is 6. The van der Waals surface area contributed by atoms with Crippen LogP contribution >= 0.6 is 39.0 Å². The highest BCUT2D eigenvalue weighted by Gasteiger charge is 2.07. The Morgan fingerprint density at radius 1 is 1.43 bits per heavy atom. The van der Waals surface area contributed by atoms with Gasteiger partial charge in [0, 0.05) is 16.1 Å². The fraction of sp³-hybridized carbons (Fsp3) is 0.267. The largest absolute Gasteiger partial charge is 0.493 e. The SMILES string of the molecule is CCOc1ccc(Br)cc1/C=C/C(=O)Nc1nnc(SCC)s1. The van der Waals surface area contributed by atoms with Gasteiger partial charge in [-0.05, 0) is 37.0 Å². The number of hydrogen-bond donors (Lipinski definition) is 1. The molecule has 0 spiro atoms. The van der Waals surface area contributed by atoms with Crippen molar-refractivity contribution in [1.82, 2.24) is 10.2 Å². The summed E-state index contributed by atoms with van der Waals surface area (Å²) in [5.74, 6) is 1.40. The van der Waals surface area contributed by atoms with E-state index in [9.17, 15) is 4.79 Å². The minimum Gasteiger partial charge on any atom is -0.493 e. The van der Waals surface area contributed by atoms with E-state index in [1.807, 2.05) is 32.0 Å². The fourth-order valence-electron chi connectivity index (χ4n) is 1.69. The van der Waals surface area contributed by atoms with Crippen LogP contribution in [0.2, 0.25) is 0 Å². The lowest BCUT2D eigenvalue weighted by Crippen LogP contribution is -2.07. The molecule has 8 heteroatoms.